The van der Waals surface area contributed by atoms with E-state index in [1.54, 1.807) is 41.5 Å². The van der Waals surface area contributed by atoms with Gasteiger partial charge in [-0.1, -0.05) is 0 Å². The van der Waals surface area contributed by atoms with Crippen LogP contribution in [-0.2, 0) is 9.47 Å². The van der Waals surface area contributed by atoms with E-state index in [-0.39, 0.29) is 17.6 Å². The smallest absolute Gasteiger partial charge is 0.425 e. The van der Waals surface area contributed by atoms with Crippen LogP contribution in [0.4, 0.5) is 15.4 Å². The predicted molar refractivity (Wildman–Crippen MR) is 129 cm³/mol. The highest BCUT2D eigenvalue weighted by atomic mass is 127. The van der Waals surface area contributed by atoms with Crippen LogP contribution in [0.1, 0.15) is 66.0 Å². The fourth-order valence-electron chi connectivity index (χ4n) is 2.91. The van der Waals surface area contributed by atoms with Gasteiger partial charge in [-0.2, -0.15) is 4.90 Å². The molecule has 178 valence electrons. The van der Waals surface area contributed by atoms with E-state index in [2.05, 4.69) is 19.9 Å². The molecular weight excluding hydrogens is 541 g/mol. The summed E-state index contributed by atoms with van der Waals surface area (Å²) in [5.41, 5.74) is -0.369. The fourth-order valence-corrected chi connectivity index (χ4v) is 3.41. The van der Waals surface area contributed by atoms with Crippen LogP contribution in [0, 0.1) is 3.57 Å². The molecule has 2 aromatic rings. The molecule has 1 saturated carbocycles. The van der Waals surface area contributed by atoms with Crippen molar-refractivity contribution >= 4 is 40.6 Å². The second kappa shape index (κ2) is 9.35. The van der Waals surface area contributed by atoms with E-state index in [1.165, 1.54) is 19.6 Å². The third-order valence-electron chi connectivity index (χ3n) is 4.31. The molecule has 1 aliphatic carbocycles. The minimum absolute atomic E-state index is 0.0387. The van der Waals surface area contributed by atoms with Gasteiger partial charge >= 0.3 is 12.2 Å². The molecule has 33 heavy (non-hydrogen) atoms. The van der Waals surface area contributed by atoms with Crippen LogP contribution in [0.15, 0.2) is 12.5 Å². The monoisotopic (exact) mass is 569 g/mol. The molecule has 1 aliphatic rings. The average Bonchev–Trinajstić information content (AvgIpc) is 3.51. The molecular formula is C22H28IN5O5. The fraction of sp³-hybridized carbons (Fsp3) is 0.545. The topological polar surface area (TPSA) is 117 Å². The maximum atomic E-state index is 13.1. The lowest BCUT2D eigenvalue weighted by Gasteiger charge is -2.28. The number of halogens is 1. The second-order valence-corrected chi connectivity index (χ2v) is 10.7. The van der Waals surface area contributed by atoms with Gasteiger partial charge in [0.2, 0.25) is 5.88 Å². The van der Waals surface area contributed by atoms with E-state index in [9.17, 15) is 9.59 Å². The highest BCUT2D eigenvalue weighted by Gasteiger charge is 2.36. The summed E-state index contributed by atoms with van der Waals surface area (Å²) in [5.74, 6) is 0.856. The minimum atomic E-state index is -0.905. The number of ether oxygens (including phenoxy) is 3. The highest BCUT2D eigenvalue weighted by molar-refractivity contribution is 14.1. The Morgan fingerprint density at radius 1 is 1.00 bits per heavy atom. The number of nitrogens with zero attached hydrogens (tertiary/aromatic N) is 5. The zero-order chi connectivity index (χ0) is 24.6. The van der Waals surface area contributed by atoms with Crippen LogP contribution < -0.4 is 9.64 Å². The lowest BCUT2D eigenvalue weighted by molar-refractivity contribution is 0.0428. The number of methoxy groups -OCH3 is 1. The largest absolute Gasteiger partial charge is 0.480 e. The van der Waals surface area contributed by atoms with Gasteiger partial charge in [0.15, 0.2) is 11.6 Å². The van der Waals surface area contributed by atoms with Gasteiger partial charge < -0.3 is 14.2 Å². The molecule has 1 fully saturated rings. The summed E-state index contributed by atoms with van der Waals surface area (Å²) in [6, 6.07) is 0. The number of hydrogen-bond donors (Lipinski definition) is 0. The lowest BCUT2D eigenvalue weighted by Crippen LogP contribution is -2.44. The average molecular weight is 569 g/mol. The van der Waals surface area contributed by atoms with Crippen LogP contribution in [0.3, 0.4) is 0 Å². The van der Waals surface area contributed by atoms with Gasteiger partial charge in [-0.3, -0.25) is 0 Å². The zero-order valence-electron chi connectivity index (χ0n) is 19.8. The molecule has 2 aromatic heterocycles. The summed E-state index contributed by atoms with van der Waals surface area (Å²) in [4.78, 5) is 44.6. The van der Waals surface area contributed by atoms with Crippen molar-refractivity contribution in [1.29, 1.82) is 0 Å². The maximum absolute atomic E-state index is 13.1. The molecule has 0 bridgehead atoms. The predicted octanol–water partition coefficient (Wildman–Crippen LogP) is 5.10. The molecule has 11 heteroatoms. The van der Waals surface area contributed by atoms with Crippen molar-refractivity contribution in [3.8, 4) is 17.3 Å². The van der Waals surface area contributed by atoms with Gasteiger partial charge in [0, 0.05) is 12.1 Å². The van der Waals surface area contributed by atoms with Gasteiger partial charge in [-0.05, 0) is 77.0 Å². The number of hydrogen-bond acceptors (Lipinski definition) is 9. The summed E-state index contributed by atoms with van der Waals surface area (Å²) in [6.45, 7) is 10.3. The first-order chi connectivity index (χ1) is 15.3. The number of amides is 2. The molecule has 0 atom stereocenters. The van der Waals surface area contributed by atoms with Gasteiger partial charge in [-0.25, -0.2) is 29.5 Å². The van der Waals surface area contributed by atoms with Crippen molar-refractivity contribution in [2.45, 2.75) is 71.5 Å². The number of rotatable bonds is 4. The summed E-state index contributed by atoms with van der Waals surface area (Å²) in [5, 5.41) is 0. The van der Waals surface area contributed by atoms with Crippen molar-refractivity contribution in [2.24, 2.45) is 0 Å². The van der Waals surface area contributed by atoms with E-state index >= 15 is 0 Å². The molecule has 2 heterocycles. The molecule has 10 nitrogen and oxygen atoms in total. The summed E-state index contributed by atoms with van der Waals surface area (Å²) in [6.07, 6.45) is 3.13. The van der Waals surface area contributed by atoms with Gasteiger partial charge in [0.25, 0.3) is 0 Å². The van der Waals surface area contributed by atoms with E-state index in [0.717, 1.165) is 23.4 Å². The SMILES string of the molecule is COc1ncnc(C2CC2)c1-c1ncc(I)c(N(C(=O)OC(C)(C)C)C(=O)OC(C)(C)C)n1. The van der Waals surface area contributed by atoms with Crippen LogP contribution >= 0.6 is 22.6 Å². The van der Waals surface area contributed by atoms with Crippen LogP contribution in [0.5, 0.6) is 5.88 Å². The maximum Gasteiger partial charge on any atom is 0.425 e. The Hall–Kier alpha value is -2.57. The first-order valence-corrected chi connectivity index (χ1v) is 11.6. The lowest BCUT2D eigenvalue weighted by atomic mass is 10.1. The Kier molecular flexibility index (Phi) is 7.10. The van der Waals surface area contributed by atoms with E-state index < -0.39 is 23.4 Å². The third kappa shape index (κ3) is 6.27. The Morgan fingerprint density at radius 2 is 1.58 bits per heavy atom. The second-order valence-electron chi connectivity index (χ2n) is 9.58. The molecule has 0 unspecified atom stereocenters. The van der Waals surface area contributed by atoms with E-state index in [4.69, 9.17) is 14.2 Å². The molecule has 2 amide bonds. The molecule has 0 spiro atoms. The number of aromatic nitrogens is 4. The summed E-state index contributed by atoms with van der Waals surface area (Å²) < 4.78 is 16.9. The third-order valence-corrected chi connectivity index (χ3v) is 5.07. The normalized spacial score (nSPS) is 13.9. The van der Waals surface area contributed by atoms with Crippen LogP contribution in [0.2, 0.25) is 0 Å². The standard InChI is InChI=1S/C22H28IN5O5/c1-21(2,3)32-19(29)28(20(30)33-22(4,5)6)17-13(23)10-24-16(27-17)14-15(12-8-9-12)25-11-26-18(14)31-7/h10-12H,8-9H2,1-7H3. The minimum Gasteiger partial charge on any atom is -0.480 e. The summed E-state index contributed by atoms with van der Waals surface area (Å²) in [7, 11) is 1.50. The molecule has 0 saturated heterocycles. The van der Waals surface area contributed by atoms with Gasteiger partial charge in [-0.15, -0.1) is 0 Å². The Balaban J connectivity index is 2.14. The zero-order valence-corrected chi connectivity index (χ0v) is 22.0. The molecule has 0 aliphatic heterocycles. The first kappa shape index (κ1) is 25.1. The van der Waals surface area contributed by atoms with Crippen molar-refractivity contribution in [3.63, 3.8) is 0 Å². The number of anilines is 1. The Labute approximate surface area is 206 Å². The Morgan fingerprint density at radius 3 is 2.06 bits per heavy atom. The van der Waals surface area contributed by atoms with Gasteiger partial charge in [0.05, 0.1) is 16.4 Å². The number of imide groups is 1. The van der Waals surface area contributed by atoms with E-state index in [1.807, 2.05) is 22.6 Å². The number of carbonyl (C=O) groups excluding carboxylic acids is 2. The van der Waals surface area contributed by atoms with Crippen molar-refractivity contribution in [1.82, 2.24) is 19.9 Å². The van der Waals surface area contributed by atoms with E-state index in [0.29, 0.717) is 15.0 Å². The molecule has 0 N–H and O–H groups in total. The molecule has 3 rings (SSSR count). The van der Waals surface area contributed by atoms with Gasteiger partial charge in [0.1, 0.15) is 23.1 Å². The van der Waals surface area contributed by atoms with Crippen molar-refractivity contribution in [3.05, 3.63) is 21.8 Å². The van der Waals surface area contributed by atoms with Crippen LogP contribution in [0.25, 0.3) is 11.4 Å². The molecule has 0 radical (unpaired) electrons. The van der Waals surface area contributed by atoms with Crippen molar-refractivity contribution < 1.29 is 23.8 Å². The van der Waals surface area contributed by atoms with Crippen molar-refractivity contribution in [2.75, 3.05) is 12.0 Å². The highest BCUT2D eigenvalue weighted by Crippen LogP contribution is 2.45. The molecule has 0 aromatic carbocycles. The summed E-state index contributed by atoms with van der Waals surface area (Å²) >= 11 is 1.96. The number of carbonyl (C=O) groups is 2. The first-order valence-electron chi connectivity index (χ1n) is 10.5. The Bertz CT molecular complexity index is 1030. The quantitative estimate of drug-likeness (QED) is 0.464. The van der Waals surface area contributed by atoms with Crippen LogP contribution in [-0.4, -0.2) is 50.4 Å².